The predicted octanol–water partition coefficient (Wildman–Crippen LogP) is 2.77. The van der Waals surface area contributed by atoms with Crippen LogP contribution in [0.25, 0.3) is 17.0 Å². The molecule has 1 fully saturated rings. The second-order valence-corrected chi connectivity index (χ2v) is 5.90. The lowest BCUT2D eigenvalue weighted by molar-refractivity contribution is -0.147. The molecule has 2 aromatic rings. The lowest BCUT2D eigenvalue weighted by Crippen LogP contribution is -2.34. The van der Waals surface area contributed by atoms with Crippen molar-refractivity contribution in [1.82, 2.24) is 4.90 Å². The van der Waals surface area contributed by atoms with E-state index in [2.05, 4.69) is 0 Å². The number of likely N-dealkylation sites (tertiary alicyclic amines) is 1. The van der Waals surface area contributed by atoms with Gasteiger partial charge in [-0.2, -0.15) is 0 Å². The quantitative estimate of drug-likeness (QED) is 0.885. The minimum Gasteiger partial charge on any atom is -0.481 e. The number of fused-ring (bicyclic) bond motifs is 1. The van der Waals surface area contributed by atoms with Crippen LogP contribution in [0.4, 0.5) is 0 Å². The van der Waals surface area contributed by atoms with Crippen molar-refractivity contribution in [2.24, 2.45) is 5.41 Å². The van der Waals surface area contributed by atoms with Crippen LogP contribution in [-0.2, 0) is 9.59 Å². The summed E-state index contributed by atoms with van der Waals surface area (Å²) in [7, 11) is 0. The van der Waals surface area contributed by atoms with Crippen LogP contribution in [0.15, 0.2) is 40.8 Å². The molecule has 1 atom stereocenters. The number of para-hydroxylation sites is 1. The Morgan fingerprint density at radius 3 is 2.82 bits per heavy atom. The largest absolute Gasteiger partial charge is 0.481 e. The Kier molecular flexibility index (Phi) is 3.48. The maximum absolute atomic E-state index is 12.1. The summed E-state index contributed by atoms with van der Waals surface area (Å²) in [5.74, 6) is -0.441. The number of carboxylic acid groups (broad SMARTS) is 1. The standard InChI is InChI=1S/C17H17NO4/c1-17(16(20)21)8-9-18(11-17)15(19)7-6-13-10-12-4-2-3-5-14(12)22-13/h2-7,10H,8-9,11H2,1H3,(H,20,21). The number of carbonyl (C=O) groups is 2. The van der Waals surface area contributed by atoms with E-state index >= 15 is 0 Å². The van der Waals surface area contributed by atoms with E-state index in [1.165, 1.54) is 6.08 Å². The SMILES string of the molecule is CC1(C(=O)O)CCN(C(=O)C=Cc2cc3ccccc3o2)C1. The third-order valence-electron chi connectivity index (χ3n) is 4.14. The molecule has 1 unspecified atom stereocenters. The van der Waals surface area contributed by atoms with Gasteiger partial charge in [0.1, 0.15) is 11.3 Å². The summed E-state index contributed by atoms with van der Waals surface area (Å²) in [5, 5.41) is 10.2. The van der Waals surface area contributed by atoms with Gasteiger partial charge in [-0.25, -0.2) is 0 Å². The van der Waals surface area contributed by atoms with Crippen molar-refractivity contribution in [1.29, 1.82) is 0 Å². The van der Waals surface area contributed by atoms with Crippen LogP contribution >= 0.6 is 0 Å². The van der Waals surface area contributed by atoms with E-state index in [9.17, 15) is 14.7 Å². The second kappa shape index (κ2) is 5.33. The zero-order chi connectivity index (χ0) is 15.7. The van der Waals surface area contributed by atoms with Gasteiger partial charge in [-0.15, -0.1) is 0 Å². The van der Waals surface area contributed by atoms with Crippen LogP contribution in [0.2, 0.25) is 0 Å². The molecule has 1 aromatic carbocycles. The predicted molar refractivity (Wildman–Crippen MR) is 82.2 cm³/mol. The lowest BCUT2D eigenvalue weighted by Gasteiger charge is -2.18. The Hall–Kier alpha value is -2.56. The molecule has 22 heavy (non-hydrogen) atoms. The summed E-state index contributed by atoms with van der Waals surface area (Å²) in [6.45, 7) is 2.38. The molecule has 5 nitrogen and oxygen atoms in total. The highest BCUT2D eigenvalue weighted by molar-refractivity contribution is 5.93. The Labute approximate surface area is 127 Å². The molecule has 1 saturated heterocycles. The van der Waals surface area contributed by atoms with Gasteiger partial charge in [-0.3, -0.25) is 9.59 Å². The fourth-order valence-corrected chi connectivity index (χ4v) is 2.67. The number of carbonyl (C=O) groups excluding carboxylic acids is 1. The monoisotopic (exact) mass is 299 g/mol. The fraction of sp³-hybridized carbons (Fsp3) is 0.294. The number of furan rings is 1. The molecular weight excluding hydrogens is 282 g/mol. The molecule has 0 bridgehead atoms. The van der Waals surface area contributed by atoms with Crippen molar-refractivity contribution in [2.45, 2.75) is 13.3 Å². The number of hydrogen-bond acceptors (Lipinski definition) is 3. The van der Waals surface area contributed by atoms with Gasteiger partial charge in [0.05, 0.1) is 5.41 Å². The molecule has 0 spiro atoms. The van der Waals surface area contributed by atoms with Crippen molar-refractivity contribution in [3.63, 3.8) is 0 Å². The maximum Gasteiger partial charge on any atom is 0.311 e. The molecule has 3 rings (SSSR count). The topological polar surface area (TPSA) is 70.8 Å². The molecule has 1 amide bonds. The zero-order valence-corrected chi connectivity index (χ0v) is 12.3. The molecule has 5 heteroatoms. The molecule has 2 heterocycles. The number of nitrogens with zero attached hydrogens (tertiary/aromatic N) is 1. The molecular formula is C17H17NO4. The Bertz CT molecular complexity index is 728. The van der Waals surface area contributed by atoms with E-state index in [1.807, 2.05) is 30.3 Å². The number of rotatable bonds is 3. The number of amides is 1. The van der Waals surface area contributed by atoms with Crippen molar-refractivity contribution >= 4 is 28.9 Å². The maximum atomic E-state index is 12.1. The van der Waals surface area contributed by atoms with Crippen LogP contribution in [0.3, 0.4) is 0 Å². The van der Waals surface area contributed by atoms with E-state index < -0.39 is 11.4 Å². The summed E-state index contributed by atoms with van der Waals surface area (Å²) in [6, 6.07) is 9.49. The van der Waals surface area contributed by atoms with Crippen LogP contribution < -0.4 is 0 Å². The van der Waals surface area contributed by atoms with Gasteiger partial charge in [-0.05, 0) is 31.6 Å². The molecule has 1 N–H and O–H groups in total. The highest BCUT2D eigenvalue weighted by Gasteiger charge is 2.41. The van der Waals surface area contributed by atoms with Crippen LogP contribution in [0.1, 0.15) is 19.1 Å². The first kappa shape index (κ1) is 14.4. The van der Waals surface area contributed by atoms with Gasteiger partial charge in [0, 0.05) is 24.6 Å². The van der Waals surface area contributed by atoms with Crippen LogP contribution in [-0.4, -0.2) is 35.0 Å². The van der Waals surface area contributed by atoms with Crippen molar-refractivity contribution in [2.75, 3.05) is 13.1 Å². The highest BCUT2D eigenvalue weighted by atomic mass is 16.4. The first-order valence-corrected chi connectivity index (χ1v) is 7.17. The van der Waals surface area contributed by atoms with E-state index in [-0.39, 0.29) is 12.5 Å². The summed E-state index contributed by atoms with van der Waals surface area (Å²) >= 11 is 0. The van der Waals surface area contributed by atoms with E-state index in [0.29, 0.717) is 18.7 Å². The van der Waals surface area contributed by atoms with Gasteiger partial charge < -0.3 is 14.4 Å². The summed E-state index contributed by atoms with van der Waals surface area (Å²) in [6.07, 6.45) is 3.54. The summed E-state index contributed by atoms with van der Waals surface area (Å²) in [5.41, 5.74) is -0.0720. The fourth-order valence-electron chi connectivity index (χ4n) is 2.67. The molecule has 0 radical (unpaired) electrons. The number of benzene rings is 1. The first-order chi connectivity index (χ1) is 10.5. The second-order valence-electron chi connectivity index (χ2n) is 5.90. The molecule has 1 aliphatic heterocycles. The van der Waals surface area contributed by atoms with E-state index in [1.54, 1.807) is 17.9 Å². The molecule has 0 aliphatic carbocycles. The van der Waals surface area contributed by atoms with Crippen molar-refractivity contribution < 1.29 is 19.1 Å². The van der Waals surface area contributed by atoms with Gasteiger partial charge in [-0.1, -0.05) is 18.2 Å². The van der Waals surface area contributed by atoms with Gasteiger partial charge in [0.25, 0.3) is 0 Å². The molecule has 1 aromatic heterocycles. The van der Waals surface area contributed by atoms with Gasteiger partial charge in [0.2, 0.25) is 5.91 Å². The first-order valence-electron chi connectivity index (χ1n) is 7.17. The van der Waals surface area contributed by atoms with E-state index in [4.69, 9.17) is 4.42 Å². The third kappa shape index (κ3) is 2.62. The van der Waals surface area contributed by atoms with Gasteiger partial charge >= 0.3 is 5.97 Å². The Morgan fingerprint density at radius 2 is 2.14 bits per heavy atom. The Balaban J connectivity index is 1.70. The number of hydrogen-bond donors (Lipinski definition) is 1. The third-order valence-corrected chi connectivity index (χ3v) is 4.14. The minimum atomic E-state index is -0.857. The zero-order valence-electron chi connectivity index (χ0n) is 12.3. The highest BCUT2D eigenvalue weighted by Crippen LogP contribution is 2.30. The number of carboxylic acids is 1. The lowest BCUT2D eigenvalue weighted by atomic mass is 9.90. The molecule has 0 saturated carbocycles. The molecule has 1 aliphatic rings. The van der Waals surface area contributed by atoms with Crippen LogP contribution in [0, 0.1) is 5.41 Å². The summed E-state index contributed by atoms with van der Waals surface area (Å²) < 4.78 is 5.61. The normalized spacial score (nSPS) is 21.8. The number of aliphatic carboxylic acids is 1. The average Bonchev–Trinajstić information content (AvgIpc) is 3.09. The van der Waals surface area contributed by atoms with Crippen molar-refractivity contribution in [3.8, 4) is 0 Å². The smallest absolute Gasteiger partial charge is 0.311 e. The minimum absolute atomic E-state index is 0.189. The average molecular weight is 299 g/mol. The van der Waals surface area contributed by atoms with E-state index in [0.717, 1.165) is 11.0 Å². The Morgan fingerprint density at radius 1 is 1.36 bits per heavy atom. The van der Waals surface area contributed by atoms with Crippen molar-refractivity contribution in [3.05, 3.63) is 42.2 Å². The van der Waals surface area contributed by atoms with Gasteiger partial charge in [0.15, 0.2) is 0 Å². The molecule has 114 valence electrons. The summed E-state index contributed by atoms with van der Waals surface area (Å²) in [4.78, 5) is 24.9. The van der Waals surface area contributed by atoms with Crippen LogP contribution in [0.5, 0.6) is 0 Å².